The highest BCUT2D eigenvalue weighted by Crippen LogP contribution is 2.10. The molecule has 0 saturated carbocycles. The SMILES string of the molecule is COCC[C@H](NC(=O)[C@H](CC(C)C)NC(=O)OC(C)(C)C)C(N)=O. The highest BCUT2D eigenvalue weighted by atomic mass is 16.6. The van der Waals surface area contributed by atoms with Crippen molar-refractivity contribution >= 4 is 17.9 Å². The van der Waals surface area contributed by atoms with Gasteiger partial charge in [0.2, 0.25) is 11.8 Å². The second-order valence-corrected chi connectivity index (χ2v) is 7.07. The number of hydrogen-bond donors (Lipinski definition) is 3. The van der Waals surface area contributed by atoms with Crippen LogP contribution in [0.4, 0.5) is 4.79 Å². The standard InChI is InChI=1S/C16H31N3O5/c1-10(2)9-12(19-15(22)24-16(3,4)5)14(21)18-11(13(17)20)7-8-23-6/h10-12H,7-9H2,1-6H3,(H2,17,20)(H,18,21)(H,19,22)/t11-,12-/m0/s1. The van der Waals surface area contributed by atoms with E-state index >= 15 is 0 Å². The van der Waals surface area contributed by atoms with Crippen LogP contribution >= 0.6 is 0 Å². The molecule has 0 heterocycles. The molecule has 2 atom stereocenters. The van der Waals surface area contributed by atoms with Crippen molar-refractivity contribution in [2.75, 3.05) is 13.7 Å². The second-order valence-electron chi connectivity index (χ2n) is 7.07. The molecule has 0 fully saturated rings. The number of nitrogens with two attached hydrogens (primary N) is 1. The van der Waals surface area contributed by atoms with E-state index < -0.39 is 35.6 Å². The van der Waals surface area contributed by atoms with Gasteiger partial charge in [0.05, 0.1) is 0 Å². The highest BCUT2D eigenvalue weighted by molar-refractivity contribution is 5.90. The molecule has 8 nitrogen and oxygen atoms in total. The molecule has 24 heavy (non-hydrogen) atoms. The van der Waals surface area contributed by atoms with Crippen molar-refractivity contribution in [2.45, 2.75) is 65.1 Å². The summed E-state index contributed by atoms with van der Waals surface area (Å²) in [6.07, 6.45) is -0.0185. The van der Waals surface area contributed by atoms with Gasteiger partial charge < -0.3 is 25.8 Å². The minimum Gasteiger partial charge on any atom is -0.444 e. The molecular weight excluding hydrogens is 314 g/mol. The van der Waals surface area contributed by atoms with E-state index in [2.05, 4.69) is 10.6 Å². The minimum atomic E-state index is -0.854. The normalized spacial score (nSPS) is 14.0. The van der Waals surface area contributed by atoms with Gasteiger partial charge in [-0.1, -0.05) is 13.8 Å². The van der Waals surface area contributed by atoms with Crippen LogP contribution in [-0.2, 0) is 19.1 Å². The molecule has 0 aliphatic carbocycles. The second kappa shape index (κ2) is 10.1. The fraction of sp³-hybridized carbons (Fsp3) is 0.812. The summed E-state index contributed by atoms with van der Waals surface area (Å²) in [5.41, 5.74) is 4.62. The summed E-state index contributed by atoms with van der Waals surface area (Å²) in [6, 6.07) is -1.67. The van der Waals surface area contributed by atoms with Crippen LogP contribution in [0.3, 0.4) is 0 Å². The number of amides is 3. The predicted octanol–water partition coefficient (Wildman–Crippen LogP) is 0.932. The molecule has 0 aromatic heterocycles. The molecule has 0 aliphatic rings. The molecule has 0 radical (unpaired) electrons. The van der Waals surface area contributed by atoms with Crippen LogP contribution in [-0.4, -0.2) is 49.3 Å². The zero-order valence-electron chi connectivity index (χ0n) is 15.5. The average Bonchev–Trinajstić information content (AvgIpc) is 2.39. The van der Waals surface area contributed by atoms with Crippen LogP contribution in [0.1, 0.15) is 47.5 Å². The maximum atomic E-state index is 12.4. The van der Waals surface area contributed by atoms with Crippen molar-refractivity contribution in [3.05, 3.63) is 0 Å². The van der Waals surface area contributed by atoms with Gasteiger partial charge in [-0.15, -0.1) is 0 Å². The predicted molar refractivity (Wildman–Crippen MR) is 90.2 cm³/mol. The summed E-state index contributed by atoms with van der Waals surface area (Å²) >= 11 is 0. The number of rotatable bonds is 9. The molecule has 0 unspecified atom stereocenters. The van der Waals surface area contributed by atoms with Gasteiger partial charge in [0, 0.05) is 13.7 Å². The topological polar surface area (TPSA) is 120 Å². The lowest BCUT2D eigenvalue weighted by Crippen LogP contribution is -2.54. The van der Waals surface area contributed by atoms with Crippen molar-refractivity contribution in [2.24, 2.45) is 11.7 Å². The van der Waals surface area contributed by atoms with Crippen LogP contribution in [0, 0.1) is 5.92 Å². The van der Waals surface area contributed by atoms with E-state index in [1.165, 1.54) is 7.11 Å². The first-order valence-corrected chi connectivity index (χ1v) is 8.04. The van der Waals surface area contributed by atoms with Gasteiger partial charge in [-0.2, -0.15) is 0 Å². The number of carbonyl (C=O) groups excluding carboxylic acids is 3. The first-order valence-electron chi connectivity index (χ1n) is 8.04. The lowest BCUT2D eigenvalue weighted by molar-refractivity contribution is -0.129. The Morgan fingerprint density at radius 3 is 2.08 bits per heavy atom. The number of ether oxygens (including phenoxy) is 2. The van der Waals surface area contributed by atoms with Crippen LogP contribution in [0.5, 0.6) is 0 Å². The molecule has 4 N–H and O–H groups in total. The summed E-state index contributed by atoms with van der Waals surface area (Å²) in [7, 11) is 1.49. The van der Waals surface area contributed by atoms with E-state index in [0.29, 0.717) is 6.42 Å². The zero-order valence-corrected chi connectivity index (χ0v) is 15.5. The van der Waals surface area contributed by atoms with Gasteiger partial charge in [0.25, 0.3) is 0 Å². The van der Waals surface area contributed by atoms with Gasteiger partial charge in [-0.05, 0) is 39.5 Å². The van der Waals surface area contributed by atoms with E-state index in [0.717, 1.165) is 0 Å². The Bertz CT molecular complexity index is 432. The Balaban J connectivity index is 4.92. The van der Waals surface area contributed by atoms with E-state index in [9.17, 15) is 14.4 Å². The quantitative estimate of drug-likeness (QED) is 0.574. The first kappa shape index (κ1) is 22.2. The van der Waals surface area contributed by atoms with Crippen molar-refractivity contribution < 1.29 is 23.9 Å². The van der Waals surface area contributed by atoms with Crippen LogP contribution in [0.15, 0.2) is 0 Å². The summed E-state index contributed by atoms with van der Waals surface area (Å²) in [5, 5.41) is 5.11. The van der Waals surface area contributed by atoms with Crippen molar-refractivity contribution in [3.8, 4) is 0 Å². The molecule has 0 aromatic rings. The number of alkyl carbamates (subject to hydrolysis) is 1. The Morgan fingerprint density at radius 2 is 1.67 bits per heavy atom. The molecule has 0 aliphatic heterocycles. The molecule has 8 heteroatoms. The van der Waals surface area contributed by atoms with Gasteiger partial charge in [-0.25, -0.2) is 4.79 Å². The van der Waals surface area contributed by atoms with Crippen LogP contribution in [0.2, 0.25) is 0 Å². The third-order valence-electron chi connectivity index (χ3n) is 2.99. The van der Waals surface area contributed by atoms with Crippen molar-refractivity contribution in [3.63, 3.8) is 0 Å². The molecule has 3 amide bonds. The van der Waals surface area contributed by atoms with E-state index in [4.69, 9.17) is 15.2 Å². The molecule has 140 valence electrons. The van der Waals surface area contributed by atoms with E-state index in [1.54, 1.807) is 20.8 Å². The number of primary amides is 1. The minimum absolute atomic E-state index is 0.154. The van der Waals surface area contributed by atoms with Gasteiger partial charge in [0.15, 0.2) is 0 Å². The molecule has 0 spiro atoms. The van der Waals surface area contributed by atoms with Crippen LogP contribution < -0.4 is 16.4 Å². The fourth-order valence-electron chi connectivity index (χ4n) is 1.95. The molecule has 0 rings (SSSR count). The summed E-state index contributed by atoms with van der Waals surface area (Å²) in [6.45, 7) is 9.33. The molecule has 0 aromatic carbocycles. The Morgan fingerprint density at radius 1 is 1.08 bits per heavy atom. The van der Waals surface area contributed by atoms with Gasteiger partial charge in [0.1, 0.15) is 17.7 Å². The van der Waals surface area contributed by atoms with Crippen molar-refractivity contribution in [1.29, 1.82) is 0 Å². The van der Waals surface area contributed by atoms with Crippen molar-refractivity contribution in [1.82, 2.24) is 10.6 Å². The van der Waals surface area contributed by atoms with E-state index in [1.807, 2.05) is 13.8 Å². The Hall–Kier alpha value is -1.83. The monoisotopic (exact) mass is 345 g/mol. The number of hydrogen-bond acceptors (Lipinski definition) is 5. The molecular formula is C16H31N3O5. The summed E-state index contributed by atoms with van der Waals surface area (Å²) < 4.78 is 10.1. The maximum absolute atomic E-state index is 12.4. The zero-order chi connectivity index (χ0) is 18.9. The summed E-state index contributed by atoms with van der Waals surface area (Å²) in [4.78, 5) is 35.8. The number of methoxy groups -OCH3 is 1. The third-order valence-corrected chi connectivity index (χ3v) is 2.99. The Labute approximate surface area is 143 Å². The Kier molecular flexibility index (Phi) is 9.35. The van der Waals surface area contributed by atoms with Gasteiger partial charge >= 0.3 is 6.09 Å². The largest absolute Gasteiger partial charge is 0.444 e. The average molecular weight is 345 g/mol. The first-order chi connectivity index (χ1) is 11.0. The fourth-order valence-corrected chi connectivity index (χ4v) is 1.95. The maximum Gasteiger partial charge on any atom is 0.408 e. The number of nitrogens with one attached hydrogen (secondary N) is 2. The van der Waals surface area contributed by atoms with Gasteiger partial charge in [-0.3, -0.25) is 9.59 Å². The van der Waals surface area contributed by atoms with E-state index in [-0.39, 0.29) is 18.9 Å². The lowest BCUT2D eigenvalue weighted by Gasteiger charge is -2.25. The third kappa shape index (κ3) is 10.0. The van der Waals surface area contributed by atoms with Crippen LogP contribution in [0.25, 0.3) is 0 Å². The lowest BCUT2D eigenvalue weighted by atomic mass is 10.0. The smallest absolute Gasteiger partial charge is 0.408 e. The highest BCUT2D eigenvalue weighted by Gasteiger charge is 2.28. The summed E-state index contributed by atoms with van der Waals surface area (Å²) in [5.74, 6) is -0.975. The molecule has 0 saturated heterocycles. The molecule has 0 bridgehead atoms. The number of carbonyl (C=O) groups is 3.